The maximum absolute atomic E-state index is 13.0. The van der Waals surface area contributed by atoms with Crippen LogP contribution in [0.25, 0.3) is 0 Å². The summed E-state index contributed by atoms with van der Waals surface area (Å²) >= 11 is 0. The summed E-state index contributed by atoms with van der Waals surface area (Å²) in [4.78, 5) is 27.7. The van der Waals surface area contributed by atoms with Crippen LogP contribution < -0.4 is 5.56 Å². The highest BCUT2D eigenvalue weighted by atomic mass is 16.2. The van der Waals surface area contributed by atoms with E-state index in [4.69, 9.17) is 0 Å². The van der Waals surface area contributed by atoms with Crippen molar-refractivity contribution in [1.82, 2.24) is 9.47 Å². The van der Waals surface area contributed by atoms with Crippen molar-refractivity contribution in [3.63, 3.8) is 0 Å². The number of hydrogen-bond acceptors (Lipinski definition) is 2. The van der Waals surface area contributed by atoms with Crippen LogP contribution in [0, 0.1) is 5.92 Å². The molecule has 2 aromatic carbocycles. The van der Waals surface area contributed by atoms with Gasteiger partial charge < -0.3 is 9.47 Å². The summed E-state index contributed by atoms with van der Waals surface area (Å²) in [6, 6.07) is 23.8. The first-order valence-electron chi connectivity index (χ1n) is 10.3. The van der Waals surface area contributed by atoms with Gasteiger partial charge in [0.1, 0.15) is 5.56 Å². The van der Waals surface area contributed by atoms with E-state index >= 15 is 0 Å². The van der Waals surface area contributed by atoms with Crippen molar-refractivity contribution in [3.05, 3.63) is 106 Å². The number of amides is 1. The van der Waals surface area contributed by atoms with Crippen LogP contribution in [0.3, 0.4) is 0 Å². The van der Waals surface area contributed by atoms with Crippen LogP contribution >= 0.6 is 0 Å². The Hall–Kier alpha value is -3.14. The summed E-state index contributed by atoms with van der Waals surface area (Å²) in [5.41, 5.74) is 2.45. The number of benzene rings is 2. The molecule has 0 bridgehead atoms. The molecule has 1 saturated heterocycles. The number of piperidine rings is 1. The Bertz CT molecular complexity index is 1000. The van der Waals surface area contributed by atoms with E-state index in [1.807, 2.05) is 41.3 Å². The average Bonchev–Trinajstić information content (AvgIpc) is 2.77. The van der Waals surface area contributed by atoms with Gasteiger partial charge in [0, 0.05) is 19.3 Å². The molecule has 0 saturated carbocycles. The highest BCUT2D eigenvalue weighted by Crippen LogP contribution is 2.22. The number of nitrogens with zero attached hydrogens (tertiary/aromatic N) is 2. The third kappa shape index (κ3) is 4.65. The lowest BCUT2D eigenvalue weighted by Gasteiger charge is -2.32. The zero-order valence-corrected chi connectivity index (χ0v) is 16.5. The van der Waals surface area contributed by atoms with Gasteiger partial charge in [-0.15, -0.1) is 0 Å². The SMILES string of the molecule is O=C(c1cccn(Cc2ccccc2)c1=O)N1CCC(Cc2ccccc2)CC1. The predicted octanol–water partition coefficient (Wildman–Crippen LogP) is 3.99. The Labute approximate surface area is 171 Å². The first-order chi connectivity index (χ1) is 14.2. The molecule has 4 nitrogen and oxygen atoms in total. The van der Waals surface area contributed by atoms with Crippen LogP contribution in [0.5, 0.6) is 0 Å². The molecule has 0 aliphatic carbocycles. The van der Waals surface area contributed by atoms with Gasteiger partial charge in [0.15, 0.2) is 0 Å². The van der Waals surface area contributed by atoms with Gasteiger partial charge in [-0.05, 0) is 48.4 Å². The van der Waals surface area contributed by atoms with Gasteiger partial charge in [-0.2, -0.15) is 0 Å². The van der Waals surface area contributed by atoms with Gasteiger partial charge in [0.05, 0.1) is 6.54 Å². The summed E-state index contributed by atoms with van der Waals surface area (Å²) in [6.45, 7) is 1.90. The van der Waals surface area contributed by atoms with Gasteiger partial charge in [0.2, 0.25) is 0 Å². The first kappa shape index (κ1) is 19.2. The summed E-state index contributed by atoms with van der Waals surface area (Å²) in [7, 11) is 0. The molecule has 1 aromatic heterocycles. The molecule has 4 rings (SSSR count). The van der Waals surface area contributed by atoms with Gasteiger partial charge in [-0.1, -0.05) is 60.7 Å². The van der Waals surface area contributed by atoms with Crippen molar-refractivity contribution >= 4 is 5.91 Å². The minimum atomic E-state index is -0.215. The van der Waals surface area contributed by atoms with Crippen LogP contribution in [-0.2, 0) is 13.0 Å². The minimum Gasteiger partial charge on any atom is -0.338 e. The number of carbonyl (C=O) groups excluding carboxylic acids is 1. The number of aromatic nitrogens is 1. The van der Waals surface area contributed by atoms with Gasteiger partial charge in [-0.25, -0.2) is 0 Å². The number of rotatable bonds is 5. The number of pyridine rings is 1. The summed E-state index contributed by atoms with van der Waals surface area (Å²) in [6.07, 6.45) is 4.76. The highest BCUT2D eigenvalue weighted by molar-refractivity contribution is 5.93. The Morgan fingerprint density at radius 1 is 0.828 bits per heavy atom. The molecule has 0 radical (unpaired) electrons. The first-order valence-corrected chi connectivity index (χ1v) is 10.3. The molecule has 1 aliphatic rings. The summed E-state index contributed by atoms with van der Waals surface area (Å²) in [5, 5.41) is 0. The van der Waals surface area contributed by atoms with Crippen molar-refractivity contribution in [3.8, 4) is 0 Å². The Kier molecular flexibility index (Phi) is 5.89. The fourth-order valence-electron chi connectivity index (χ4n) is 4.06. The number of carbonyl (C=O) groups is 1. The second-order valence-corrected chi connectivity index (χ2v) is 7.77. The van der Waals surface area contributed by atoms with Crippen molar-refractivity contribution in [2.75, 3.05) is 13.1 Å². The fraction of sp³-hybridized carbons (Fsp3) is 0.280. The summed E-state index contributed by atoms with van der Waals surface area (Å²) < 4.78 is 1.62. The molecular formula is C25H26N2O2. The molecule has 1 amide bonds. The lowest BCUT2D eigenvalue weighted by molar-refractivity contribution is 0.0688. The smallest absolute Gasteiger partial charge is 0.263 e. The van der Waals surface area contributed by atoms with Crippen molar-refractivity contribution in [1.29, 1.82) is 0 Å². The Morgan fingerprint density at radius 2 is 1.45 bits per heavy atom. The van der Waals surface area contributed by atoms with Crippen molar-refractivity contribution in [2.24, 2.45) is 5.92 Å². The number of likely N-dealkylation sites (tertiary alicyclic amines) is 1. The van der Waals surface area contributed by atoms with Gasteiger partial charge >= 0.3 is 0 Å². The molecule has 0 unspecified atom stereocenters. The van der Waals surface area contributed by atoms with E-state index in [1.54, 1.807) is 22.9 Å². The third-order valence-electron chi connectivity index (χ3n) is 5.72. The van der Waals surface area contributed by atoms with Crippen LogP contribution in [0.2, 0.25) is 0 Å². The van der Waals surface area contributed by atoms with Gasteiger partial charge in [-0.3, -0.25) is 9.59 Å². The van der Waals surface area contributed by atoms with E-state index in [9.17, 15) is 9.59 Å². The topological polar surface area (TPSA) is 42.3 Å². The average molecular weight is 386 g/mol. The molecule has 1 aliphatic heterocycles. The quantitative estimate of drug-likeness (QED) is 0.665. The second-order valence-electron chi connectivity index (χ2n) is 7.77. The summed E-state index contributed by atoms with van der Waals surface area (Å²) in [5.74, 6) is 0.447. The van der Waals surface area contributed by atoms with E-state index in [2.05, 4.69) is 24.3 Å². The molecule has 148 valence electrons. The van der Waals surface area contributed by atoms with Crippen molar-refractivity contribution < 1.29 is 4.79 Å². The molecule has 3 aromatic rings. The Balaban J connectivity index is 1.41. The standard InChI is InChI=1S/C25H26N2O2/c28-24(26-16-13-21(14-17-26)18-20-8-3-1-4-9-20)23-12-7-15-27(25(23)29)19-22-10-5-2-6-11-22/h1-12,15,21H,13-14,16-19H2. The lowest BCUT2D eigenvalue weighted by atomic mass is 9.90. The van der Waals surface area contributed by atoms with Crippen LogP contribution in [-0.4, -0.2) is 28.5 Å². The Morgan fingerprint density at radius 3 is 2.10 bits per heavy atom. The molecule has 2 heterocycles. The molecule has 0 atom stereocenters. The predicted molar refractivity (Wildman–Crippen MR) is 115 cm³/mol. The molecule has 1 fully saturated rings. The van der Waals surface area contributed by atoms with Crippen LogP contribution in [0.15, 0.2) is 83.8 Å². The van der Waals surface area contributed by atoms with E-state index < -0.39 is 0 Å². The molecular weight excluding hydrogens is 360 g/mol. The zero-order chi connectivity index (χ0) is 20.1. The van der Waals surface area contributed by atoms with Gasteiger partial charge in [0.25, 0.3) is 11.5 Å². The second kappa shape index (κ2) is 8.91. The fourth-order valence-corrected chi connectivity index (χ4v) is 4.06. The number of hydrogen-bond donors (Lipinski definition) is 0. The monoisotopic (exact) mass is 386 g/mol. The molecule has 0 spiro atoms. The largest absolute Gasteiger partial charge is 0.338 e. The maximum Gasteiger partial charge on any atom is 0.263 e. The normalized spacial score (nSPS) is 14.7. The highest BCUT2D eigenvalue weighted by Gasteiger charge is 2.25. The van der Waals surface area contributed by atoms with E-state index in [0.29, 0.717) is 25.6 Å². The minimum absolute atomic E-state index is 0.143. The van der Waals surface area contributed by atoms with E-state index in [0.717, 1.165) is 24.8 Å². The van der Waals surface area contributed by atoms with Crippen LogP contribution in [0.4, 0.5) is 0 Å². The van der Waals surface area contributed by atoms with E-state index in [1.165, 1.54) is 5.56 Å². The molecule has 0 N–H and O–H groups in total. The maximum atomic E-state index is 13.0. The molecule has 29 heavy (non-hydrogen) atoms. The lowest BCUT2D eigenvalue weighted by Crippen LogP contribution is -2.41. The van der Waals surface area contributed by atoms with Crippen LogP contribution in [0.1, 0.15) is 34.3 Å². The van der Waals surface area contributed by atoms with E-state index in [-0.39, 0.29) is 17.0 Å². The third-order valence-corrected chi connectivity index (χ3v) is 5.72. The zero-order valence-electron chi connectivity index (χ0n) is 16.5. The van der Waals surface area contributed by atoms with Crippen molar-refractivity contribution in [2.45, 2.75) is 25.8 Å². The molecule has 4 heteroatoms.